The maximum atomic E-state index is 12.8. The van der Waals surface area contributed by atoms with Gasteiger partial charge in [0, 0.05) is 22.7 Å². The van der Waals surface area contributed by atoms with E-state index < -0.39 is 0 Å². The number of benzene rings is 2. The summed E-state index contributed by atoms with van der Waals surface area (Å²) < 4.78 is 5.14. The lowest BCUT2D eigenvalue weighted by atomic mass is 9.98. The zero-order valence-electron chi connectivity index (χ0n) is 16.6. The molecule has 1 amide bonds. The summed E-state index contributed by atoms with van der Waals surface area (Å²) in [5.41, 5.74) is 2.82. The third kappa shape index (κ3) is 4.24. The number of nitrogens with one attached hydrogen (secondary N) is 2. The van der Waals surface area contributed by atoms with Crippen molar-refractivity contribution in [2.45, 2.75) is 25.7 Å². The Morgan fingerprint density at radius 3 is 2.67 bits per heavy atom. The Bertz CT molecular complexity index is 1130. The third-order valence-corrected chi connectivity index (χ3v) is 5.71. The molecule has 2 N–H and O–H groups in total. The molecule has 1 aromatic heterocycles. The molecule has 7 heteroatoms. The fourth-order valence-corrected chi connectivity index (χ4v) is 4.02. The first-order valence-corrected chi connectivity index (χ1v) is 10.2. The van der Waals surface area contributed by atoms with Crippen LogP contribution in [0.5, 0.6) is 5.75 Å². The highest BCUT2D eigenvalue weighted by Crippen LogP contribution is 2.29. The molecule has 3 aromatic rings. The molecule has 154 valence electrons. The van der Waals surface area contributed by atoms with Crippen LogP contribution in [0.4, 0.5) is 5.69 Å². The van der Waals surface area contributed by atoms with Gasteiger partial charge >= 0.3 is 0 Å². The van der Waals surface area contributed by atoms with Crippen molar-refractivity contribution in [3.05, 3.63) is 75.2 Å². The monoisotopic (exact) mass is 423 g/mol. The van der Waals surface area contributed by atoms with Crippen LogP contribution in [-0.2, 0) is 17.6 Å². The summed E-state index contributed by atoms with van der Waals surface area (Å²) in [7, 11) is 1.54. The number of rotatable bonds is 4. The van der Waals surface area contributed by atoms with E-state index in [-0.39, 0.29) is 17.4 Å². The lowest BCUT2D eigenvalue weighted by molar-refractivity contribution is -0.120. The molecule has 0 saturated heterocycles. The van der Waals surface area contributed by atoms with E-state index in [0.29, 0.717) is 53.5 Å². The number of fused-ring (bicyclic) bond motifs is 1. The maximum absolute atomic E-state index is 12.8. The quantitative estimate of drug-likeness (QED) is 0.615. The topological polar surface area (TPSA) is 84.1 Å². The fraction of sp³-hybridized carbons (Fsp3) is 0.261. The summed E-state index contributed by atoms with van der Waals surface area (Å²) in [6, 6.07) is 14.7. The number of aromatic nitrogens is 2. The average Bonchev–Trinajstić information content (AvgIpc) is 2.98. The van der Waals surface area contributed by atoms with Crippen LogP contribution in [0.1, 0.15) is 24.1 Å². The number of amides is 1. The van der Waals surface area contributed by atoms with E-state index in [4.69, 9.17) is 21.3 Å². The lowest BCUT2D eigenvalue weighted by Crippen LogP contribution is -2.23. The normalized spacial score (nSPS) is 15.7. The van der Waals surface area contributed by atoms with Crippen LogP contribution in [0.3, 0.4) is 0 Å². The summed E-state index contributed by atoms with van der Waals surface area (Å²) >= 11 is 6.15. The van der Waals surface area contributed by atoms with Gasteiger partial charge < -0.3 is 15.0 Å². The summed E-state index contributed by atoms with van der Waals surface area (Å²) in [5.74, 6) is 0.831. The van der Waals surface area contributed by atoms with E-state index in [9.17, 15) is 9.59 Å². The molecule has 0 aliphatic heterocycles. The minimum Gasteiger partial charge on any atom is -0.495 e. The van der Waals surface area contributed by atoms with Gasteiger partial charge in [-0.2, -0.15) is 0 Å². The zero-order valence-corrected chi connectivity index (χ0v) is 17.3. The second-order valence-corrected chi connectivity index (χ2v) is 7.73. The Balaban J connectivity index is 1.50. The standard InChI is InChI=1S/C23H22ClN3O3/c1-30-20-12-9-16(13-18(20)24)25-22(28)15-7-10-17-19(11-8-15)26-21(27-23(17)29)14-5-3-2-4-6-14/h2-6,9,12-13,15H,7-8,10-11H2,1H3,(H,25,28)(H,26,27,29). The second kappa shape index (κ2) is 8.71. The predicted octanol–water partition coefficient (Wildman–Crippen LogP) is 4.23. The summed E-state index contributed by atoms with van der Waals surface area (Å²) in [5, 5.41) is 3.36. The van der Waals surface area contributed by atoms with Crippen molar-refractivity contribution >= 4 is 23.2 Å². The molecule has 1 aliphatic carbocycles. The van der Waals surface area contributed by atoms with Gasteiger partial charge in [-0.25, -0.2) is 4.98 Å². The van der Waals surface area contributed by atoms with Gasteiger partial charge in [0.15, 0.2) is 0 Å². The van der Waals surface area contributed by atoms with Crippen LogP contribution in [0.15, 0.2) is 53.3 Å². The van der Waals surface area contributed by atoms with Gasteiger partial charge in [-0.05, 0) is 43.9 Å². The number of hydrogen-bond acceptors (Lipinski definition) is 4. The minimum absolute atomic E-state index is 0.0799. The molecule has 0 fully saturated rings. The Kier molecular flexibility index (Phi) is 5.86. The molecule has 1 unspecified atom stereocenters. The molecule has 0 spiro atoms. The van der Waals surface area contributed by atoms with Crippen LogP contribution < -0.4 is 15.6 Å². The largest absolute Gasteiger partial charge is 0.495 e. The van der Waals surface area contributed by atoms with Crippen molar-refractivity contribution in [3.8, 4) is 17.1 Å². The lowest BCUT2D eigenvalue weighted by Gasteiger charge is -2.14. The summed E-state index contributed by atoms with van der Waals surface area (Å²) in [6.45, 7) is 0. The number of aromatic amines is 1. The minimum atomic E-state index is -0.209. The SMILES string of the molecule is COc1ccc(NC(=O)C2CCc3nc(-c4ccccc4)[nH]c(=O)c3CC2)cc1Cl. The number of H-pyrrole nitrogens is 1. The van der Waals surface area contributed by atoms with Crippen molar-refractivity contribution in [1.82, 2.24) is 9.97 Å². The van der Waals surface area contributed by atoms with E-state index in [0.717, 1.165) is 11.3 Å². The molecule has 1 atom stereocenters. The van der Waals surface area contributed by atoms with Crippen molar-refractivity contribution in [1.29, 1.82) is 0 Å². The first kappa shape index (κ1) is 20.2. The van der Waals surface area contributed by atoms with Crippen molar-refractivity contribution < 1.29 is 9.53 Å². The van der Waals surface area contributed by atoms with Crippen LogP contribution >= 0.6 is 11.6 Å². The molecule has 2 aromatic carbocycles. The van der Waals surface area contributed by atoms with E-state index >= 15 is 0 Å². The number of ether oxygens (including phenoxy) is 1. The Morgan fingerprint density at radius 2 is 1.93 bits per heavy atom. The molecular weight excluding hydrogens is 402 g/mol. The average molecular weight is 424 g/mol. The highest BCUT2D eigenvalue weighted by molar-refractivity contribution is 6.32. The van der Waals surface area contributed by atoms with Gasteiger partial charge in [0.2, 0.25) is 5.91 Å². The number of carbonyl (C=O) groups excluding carboxylic acids is 1. The summed E-state index contributed by atoms with van der Waals surface area (Å²) in [6.07, 6.45) is 2.33. The molecule has 0 bridgehead atoms. The van der Waals surface area contributed by atoms with Crippen molar-refractivity contribution in [2.24, 2.45) is 5.92 Å². The molecule has 0 radical (unpaired) electrons. The van der Waals surface area contributed by atoms with Crippen LogP contribution in [-0.4, -0.2) is 23.0 Å². The van der Waals surface area contributed by atoms with Crippen LogP contribution in [0, 0.1) is 5.92 Å². The second-order valence-electron chi connectivity index (χ2n) is 7.32. The van der Waals surface area contributed by atoms with E-state index in [1.807, 2.05) is 30.3 Å². The van der Waals surface area contributed by atoms with E-state index in [1.54, 1.807) is 25.3 Å². The van der Waals surface area contributed by atoms with E-state index in [1.165, 1.54) is 0 Å². The number of hydrogen-bond donors (Lipinski definition) is 2. The smallest absolute Gasteiger partial charge is 0.254 e. The molecule has 0 saturated carbocycles. The molecular formula is C23H22ClN3O3. The third-order valence-electron chi connectivity index (χ3n) is 5.41. The van der Waals surface area contributed by atoms with Crippen molar-refractivity contribution in [3.63, 3.8) is 0 Å². The van der Waals surface area contributed by atoms with Gasteiger partial charge in [-0.1, -0.05) is 41.9 Å². The molecule has 4 rings (SSSR count). The van der Waals surface area contributed by atoms with Gasteiger partial charge in [0.1, 0.15) is 11.6 Å². The van der Waals surface area contributed by atoms with Gasteiger partial charge in [0.25, 0.3) is 5.56 Å². The predicted molar refractivity (Wildman–Crippen MR) is 117 cm³/mol. The molecule has 30 heavy (non-hydrogen) atoms. The zero-order chi connectivity index (χ0) is 21.1. The Hall–Kier alpha value is -3.12. The highest BCUT2D eigenvalue weighted by atomic mass is 35.5. The van der Waals surface area contributed by atoms with Crippen molar-refractivity contribution in [2.75, 3.05) is 12.4 Å². The maximum Gasteiger partial charge on any atom is 0.254 e. The van der Waals surface area contributed by atoms with Gasteiger partial charge in [-0.3, -0.25) is 9.59 Å². The van der Waals surface area contributed by atoms with Crippen LogP contribution in [0.2, 0.25) is 5.02 Å². The molecule has 6 nitrogen and oxygen atoms in total. The number of aryl methyl sites for hydroxylation is 1. The van der Waals surface area contributed by atoms with Crippen LogP contribution in [0.25, 0.3) is 11.4 Å². The van der Waals surface area contributed by atoms with Gasteiger partial charge in [0.05, 0.1) is 17.8 Å². The molecule has 1 aliphatic rings. The fourth-order valence-electron chi connectivity index (χ4n) is 3.77. The number of methoxy groups -OCH3 is 1. The number of anilines is 1. The van der Waals surface area contributed by atoms with E-state index in [2.05, 4.69) is 10.3 Å². The molecule has 1 heterocycles. The summed E-state index contributed by atoms with van der Waals surface area (Å²) in [4.78, 5) is 33.1. The highest BCUT2D eigenvalue weighted by Gasteiger charge is 2.25. The number of carbonyl (C=O) groups is 1. The number of nitrogens with zero attached hydrogens (tertiary/aromatic N) is 1. The van der Waals surface area contributed by atoms with Gasteiger partial charge in [-0.15, -0.1) is 0 Å². The number of halogens is 1. The Morgan fingerprint density at radius 1 is 1.17 bits per heavy atom. The first-order chi connectivity index (χ1) is 14.5. The Labute approximate surface area is 179 Å². The first-order valence-electron chi connectivity index (χ1n) is 9.87.